The van der Waals surface area contributed by atoms with Gasteiger partial charge in [0, 0.05) is 19.2 Å². The molecule has 2 fully saturated rings. The molecule has 0 aromatic heterocycles. The summed E-state index contributed by atoms with van der Waals surface area (Å²) in [5, 5.41) is 3.80. The highest BCUT2D eigenvalue weighted by atomic mass is 16.5. The molecule has 94 valence electrons. The first kappa shape index (κ1) is 12.4. The molecule has 0 spiro atoms. The van der Waals surface area contributed by atoms with Gasteiger partial charge in [0.25, 0.3) is 0 Å². The second kappa shape index (κ2) is 6.61. The first-order valence-corrected chi connectivity index (χ1v) is 7.21. The van der Waals surface area contributed by atoms with Crippen molar-refractivity contribution in [1.29, 1.82) is 0 Å². The Morgan fingerprint density at radius 3 is 2.94 bits per heavy atom. The monoisotopic (exact) mass is 225 g/mol. The molecule has 1 aliphatic carbocycles. The summed E-state index contributed by atoms with van der Waals surface area (Å²) in [6, 6.07) is 0.812. The van der Waals surface area contributed by atoms with Gasteiger partial charge in [0.1, 0.15) is 0 Å². The second-order valence-electron chi connectivity index (χ2n) is 5.58. The Bertz CT molecular complexity index is 189. The van der Waals surface area contributed by atoms with E-state index in [1.54, 1.807) is 0 Å². The van der Waals surface area contributed by atoms with Gasteiger partial charge in [-0.1, -0.05) is 26.2 Å². The van der Waals surface area contributed by atoms with Crippen molar-refractivity contribution in [2.75, 3.05) is 19.8 Å². The minimum atomic E-state index is 0.785. The number of nitrogens with one attached hydrogen (secondary N) is 1. The van der Waals surface area contributed by atoms with E-state index in [4.69, 9.17) is 4.74 Å². The van der Waals surface area contributed by atoms with Gasteiger partial charge in [-0.05, 0) is 37.5 Å². The van der Waals surface area contributed by atoms with E-state index < -0.39 is 0 Å². The van der Waals surface area contributed by atoms with Crippen LogP contribution in [0.2, 0.25) is 0 Å². The van der Waals surface area contributed by atoms with Crippen LogP contribution in [-0.2, 0) is 4.74 Å². The molecule has 1 saturated heterocycles. The van der Waals surface area contributed by atoms with Gasteiger partial charge in [0.15, 0.2) is 0 Å². The van der Waals surface area contributed by atoms with Crippen LogP contribution in [0.4, 0.5) is 0 Å². The summed E-state index contributed by atoms with van der Waals surface area (Å²) in [6.07, 6.45) is 9.76. The molecule has 0 amide bonds. The van der Waals surface area contributed by atoms with Gasteiger partial charge in [0.05, 0.1) is 6.61 Å². The van der Waals surface area contributed by atoms with Crippen molar-refractivity contribution in [2.24, 2.45) is 11.8 Å². The lowest BCUT2D eigenvalue weighted by molar-refractivity contribution is 0.183. The van der Waals surface area contributed by atoms with Gasteiger partial charge >= 0.3 is 0 Å². The summed E-state index contributed by atoms with van der Waals surface area (Å²) in [6.45, 7) is 5.45. The van der Waals surface area contributed by atoms with Crippen LogP contribution in [0.25, 0.3) is 0 Å². The van der Waals surface area contributed by atoms with Crippen molar-refractivity contribution in [1.82, 2.24) is 5.32 Å². The fraction of sp³-hybridized carbons (Fsp3) is 1.00. The highest BCUT2D eigenvalue weighted by Crippen LogP contribution is 2.30. The summed E-state index contributed by atoms with van der Waals surface area (Å²) >= 11 is 0. The normalized spacial score (nSPS) is 34.7. The Balaban J connectivity index is 1.66. The Kier molecular flexibility index (Phi) is 5.11. The van der Waals surface area contributed by atoms with Crippen LogP contribution in [-0.4, -0.2) is 25.8 Å². The van der Waals surface area contributed by atoms with Crippen LogP contribution in [0.1, 0.15) is 51.9 Å². The molecule has 3 atom stereocenters. The smallest absolute Gasteiger partial charge is 0.0507 e. The molecule has 16 heavy (non-hydrogen) atoms. The predicted octanol–water partition coefficient (Wildman–Crippen LogP) is 2.97. The molecule has 3 unspecified atom stereocenters. The van der Waals surface area contributed by atoms with E-state index in [-0.39, 0.29) is 0 Å². The minimum absolute atomic E-state index is 0.785. The molecule has 1 N–H and O–H groups in total. The predicted molar refractivity (Wildman–Crippen MR) is 67.6 cm³/mol. The lowest BCUT2D eigenvalue weighted by atomic mass is 9.96. The number of unbranched alkanes of at least 4 members (excludes halogenated alkanes) is 1. The highest BCUT2D eigenvalue weighted by Gasteiger charge is 2.27. The molecular weight excluding hydrogens is 198 g/mol. The van der Waals surface area contributed by atoms with E-state index in [2.05, 4.69) is 12.2 Å². The SMILES string of the molecule is CCCCC1CCCC1NCC1CCOC1. The molecule has 0 aromatic carbocycles. The van der Waals surface area contributed by atoms with Crippen LogP contribution in [0, 0.1) is 11.8 Å². The first-order chi connectivity index (χ1) is 7.90. The number of ether oxygens (including phenoxy) is 1. The van der Waals surface area contributed by atoms with Crippen molar-refractivity contribution in [3.05, 3.63) is 0 Å². The maximum atomic E-state index is 5.42. The molecule has 1 aliphatic heterocycles. The van der Waals surface area contributed by atoms with Crippen LogP contribution in [0.5, 0.6) is 0 Å². The third kappa shape index (κ3) is 3.46. The molecule has 0 aromatic rings. The minimum Gasteiger partial charge on any atom is -0.381 e. The molecule has 2 heteroatoms. The zero-order chi connectivity index (χ0) is 11.2. The largest absolute Gasteiger partial charge is 0.381 e. The van der Waals surface area contributed by atoms with Gasteiger partial charge < -0.3 is 10.1 Å². The molecule has 1 saturated carbocycles. The average Bonchev–Trinajstić information content (AvgIpc) is 2.94. The lowest BCUT2D eigenvalue weighted by Gasteiger charge is -2.22. The van der Waals surface area contributed by atoms with E-state index in [0.29, 0.717) is 0 Å². The summed E-state index contributed by atoms with van der Waals surface area (Å²) in [5.74, 6) is 1.75. The average molecular weight is 225 g/mol. The van der Waals surface area contributed by atoms with Gasteiger partial charge in [-0.25, -0.2) is 0 Å². The van der Waals surface area contributed by atoms with Gasteiger partial charge in [-0.2, -0.15) is 0 Å². The van der Waals surface area contributed by atoms with E-state index in [1.807, 2.05) is 0 Å². The maximum absolute atomic E-state index is 5.42. The number of hydrogen-bond acceptors (Lipinski definition) is 2. The topological polar surface area (TPSA) is 21.3 Å². The molecule has 0 radical (unpaired) electrons. The summed E-state index contributed by atoms with van der Waals surface area (Å²) in [4.78, 5) is 0. The van der Waals surface area contributed by atoms with Gasteiger partial charge in [-0.3, -0.25) is 0 Å². The fourth-order valence-corrected chi connectivity index (χ4v) is 3.18. The molecule has 0 bridgehead atoms. The Labute approximate surface area is 100 Å². The highest BCUT2D eigenvalue weighted by molar-refractivity contribution is 4.84. The fourth-order valence-electron chi connectivity index (χ4n) is 3.18. The van der Waals surface area contributed by atoms with Crippen LogP contribution in [0.15, 0.2) is 0 Å². The molecule has 2 nitrogen and oxygen atoms in total. The van der Waals surface area contributed by atoms with Crippen molar-refractivity contribution in [3.63, 3.8) is 0 Å². The lowest BCUT2D eigenvalue weighted by Crippen LogP contribution is -2.36. The zero-order valence-electron chi connectivity index (χ0n) is 10.7. The Morgan fingerprint density at radius 1 is 1.25 bits per heavy atom. The molecule has 2 rings (SSSR count). The third-order valence-electron chi connectivity index (χ3n) is 4.28. The van der Waals surface area contributed by atoms with Crippen LogP contribution < -0.4 is 5.32 Å². The van der Waals surface area contributed by atoms with Crippen LogP contribution >= 0.6 is 0 Å². The summed E-state index contributed by atoms with van der Waals surface area (Å²) < 4.78 is 5.42. The zero-order valence-corrected chi connectivity index (χ0v) is 10.7. The Morgan fingerprint density at radius 2 is 2.19 bits per heavy atom. The summed E-state index contributed by atoms with van der Waals surface area (Å²) in [7, 11) is 0. The first-order valence-electron chi connectivity index (χ1n) is 7.21. The molecular formula is C14H27NO. The van der Waals surface area contributed by atoms with E-state index in [1.165, 1.54) is 51.5 Å². The quantitative estimate of drug-likeness (QED) is 0.750. The molecule has 2 aliphatic rings. The maximum Gasteiger partial charge on any atom is 0.0507 e. The van der Waals surface area contributed by atoms with Crippen molar-refractivity contribution in [3.8, 4) is 0 Å². The Hall–Kier alpha value is -0.0800. The van der Waals surface area contributed by atoms with Crippen molar-refractivity contribution < 1.29 is 4.74 Å². The number of hydrogen-bond donors (Lipinski definition) is 1. The summed E-state index contributed by atoms with van der Waals surface area (Å²) in [5.41, 5.74) is 0. The van der Waals surface area contributed by atoms with E-state index in [9.17, 15) is 0 Å². The second-order valence-corrected chi connectivity index (χ2v) is 5.58. The van der Waals surface area contributed by atoms with Gasteiger partial charge in [-0.15, -0.1) is 0 Å². The van der Waals surface area contributed by atoms with Crippen LogP contribution in [0.3, 0.4) is 0 Å². The third-order valence-corrected chi connectivity index (χ3v) is 4.28. The van der Waals surface area contributed by atoms with E-state index >= 15 is 0 Å². The van der Waals surface area contributed by atoms with Gasteiger partial charge in [0.2, 0.25) is 0 Å². The van der Waals surface area contributed by atoms with Crippen molar-refractivity contribution >= 4 is 0 Å². The van der Waals surface area contributed by atoms with E-state index in [0.717, 1.165) is 31.1 Å². The number of rotatable bonds is 6. The molecule has 1 heterocycles. The standard InChI is InChI=1S/C14H27NO/c1-2-3-5-13-6-4-7-14(13)15-10-12-8-9-16-11-12/h12-15H,2-11H2,1H3. The van der Waals surface area contributed by atoms with Crippen molar-refractivity contribution in [2.45, 2.75) is 57.9 Å².